The zero-order chi connectivity index (χ0) is 18.4. The van der Waals surface area contributed by atoms with E-state index >= 15 is 0 Å². The summed E-state index contributed by atoms with van der Waals surface area (Å²) in [6, 6.07) is 19.8. The lowest BCUT2D eigenvalue weighted by Crippen LogP contribution is -2.30. The van der Waals surface area contributed by atoms with Gasteiger partial charge in [0.25, 0.3) is 5.69 Å². The third-order valence-electron chi connectivity index (χ3n) is 3.68. The van der Waals surface area contributed by atoms with Gasteiger partial charge in [-0.15, -0.1) is 23.1 Å². The van der Waals surface area contributed by atoms with Gasteiger partial charge in [-0.25, -0.2) is 0 Å². The van der Waals surface area contributed by atoms with Gasteiger partial charge in [0.15, 0.2) is 0 Å². The van der Waals surface area contributed by atoms with Crippen molar-refractivity contribution in [1.29, 1.82) is 0 Å². The lowest BCUT2D eigenvalue weighted by molar-refractivity contribution is -0.384. The SMILES string of the molecule is O=C(CSc1ccc([N+](=O)[O-])cc1)NC(c1ccccc1)c1cccs1. The van der Waals surface area contributed by atoms with Gasteiger partial charge in [-0.2, -0.15) is 0 Å². The maximum atomic E-state index is 12.4. The molecule has 132 valence electrons. The predicted molar refractivity (Wildman–Crippen MR) is 105 cm³/mol. The molecular weight excluding hydrogens is 368 g/mol. The van der Waals surface area contributed by atoms with Crippen LogP contribution in [0.3, 0.4) is 0 Å². The Morgan fingerprint density at radius 2 is 1.81 bits per heavy atom. The van der Waals surface area contributed by atoms with Crippen molar-refractivity contribution in [1.82, 2.24) is 5.32 Å². The molecule has 0 fully saturated rings. The molecule has 0 radical (unpaired) electrons. The standard InChI is InChI=1S/C19H16N2O3S2/c22-18(13-26-16-10-8-15(9-11-16)21(23)24)20-19(17-7-4-12-25-17)14-5-2-1-3-6-14/h1-12,19H,13H2,(H,20,22). The number of carbonyl (C=O) groups excluding carboxylic acids is 1. The molecule has 1 heterocycles. The zero-order valence-corrected chi connectivity index (χ0v) is 15.3. The van der Waals surface area contributed by atoms with E-state index in [4.69, 9.17) is 0 Å². The highest BCUT2D eigenvalue weighted by atomic mass is 32.2. The summed E-state index contributed by atoms with van der Waals surface area (Å²) in [6.07, 6.45) is 0. The number of hydrogen-bond donors (Lipinski definition) is 1. The fourth-order valence-corrected chi connectivity index (χ4v) is 3.95. The number of nitro groups is 1. The summed E-state index contributed by atoms with van der Waals surface area (Å²) < 4.78 is 0. The molecule has 0 saturated heterocycles. The van der Waals surface area contributed by atoms with Crippen LogP contribution in [-0.2, 0) is 4.79 Å². The van der Waals surface area contributed by atoms with E-state index in [2.05, 4.69) is 5.32 Å². The number of benzene rings is 2. The van der Waals surface area contributed by atoms with E-state index in [1.807, 2.05) is 47.8 Å². The van der Waals surface area contributed by atoms with Crippen LogP contribution in [0.2, 0.25) is 0 Å². The third-order valence-corrected chi connectivity index (χ3v) is 5.63. The first-order chi connectivity index (χ1) is 12.6. The molecule has 1 atom stereocenters. The van der Waals surface area contributed by atoms with Crippen molar-refractivity contribution in [3.05, 3.63) is 92.7 Å². The molecule has 3 rings (SSSR count). The van der Waals surface area contributed by atoms with E-state index in [-0.39, 0.29) is 23.4 Å². The third kappa shape index (κ3) is 4.71. The van der Waals surface area contributed by atoms with Gasteiger partial charge < -0.3 is 5.32 Å². The van der Waals surface area contributed by atoms with E-state index in [0.29, 0.717) is 0 Å². The first kappa shape index (κ1) is 18.2. The summed E-state index contributed by atoms with van der Waals surface area (Å²) in [5.41, 5.74) is 1.07. The summed E-state index contributed by atoms with van der Waals surface area (Å²) in [4.78, 5) is 24.6. The fourth-order valence-electron chi connectivity index (χ4n) is 2.44. The number of carbonyl (C=O) groups is 1. The van der Waals surface area contributed by atoms with Gasteiger partial charge in [0.2, 0.25) is 5.91 Å². The molecule has 26 heavy (non-hydrogen) atoms. The van der Waals surface area contributed by atoms with Crippen LogP contribution in [0.15, 0.2) is 77.0 Å². The fraction of sp³-hybridized carbons (Fsp3) is 0.105. The maximum absolute atomic E-state index is 12.4. The van der Waals surface area contributed by atoms with Crippen molar-refractivity contribution in [3.8, 4) is 0 Å². The van der Waals surface area contributed by atoms with Crippen molar-refractivity contribution in [3.63, 3.8) is 0 Å². The number of thioether (sulfide) groups is 1. The van der Waals surface area contributed by atoms with Gasteiger partial charge in [0.1, 0.15) is 0 Å². The Morgan fingerprint density at radius 1 is 1.08 bits per heavy atom. The van der Waals surface area contributed by atoms with Crippen LogP contribution >= 0.6 is 23.1 Å². The molecule has 0 saturated carbocycles. The lowest BCUT2D eigenvalue weighted by Gasteiger charge is -2.18. The molecule has 1 N–H and O–H groups in total. The minimum Gasteiger partial charge on any atom is -0.344 e. The largest absolute Gasteiger partial charge is 0.344 e. The Hall–Kier alpha value is -2.64. The van der Waals surface area contributed by atoms with Gasteiger partial charge in [-0.05, 0) is 29.1 Å². The quantitative estimate of drug-likeness (QED) is 0.365. The number of thiophene rings is 1. The predicted octanol–water partition coefficient (Wildman–Crippen LogP) is 4.65. The molecule has 0 aliphatic carbocycles. The molecule has 5 nitrogen and oxygen atoms in total. The van der Waals surface area contributed by atoms with Crippen molar-refractivity contribution in [2.45, 2.75) is 10.9 Å². The van der Waals surface area contributed by atoms with Crippen LogP contribution in [0, 0.1) is 10.1 Å². The number of nitrogens with one attached hydrogen (secondary N) is 1. The molecule has 1 unspecified atom stereocenters. The number of non-ortho nitro benzene ring substituents is 1. The Bertz CT molecular complexity index is 866. The number of hydrogen-bond acceptors (Lipinski definition) is 5. The zero-order valence-electron chi connectivity index (χ0n) is 13.7. The van der Waals surface area contributed by atoms with Crippen molar-refractivity contribution < 1.29 is 9.72 Å². The van der Waals surface area contributed by atoms with E-state index in [0.717, 1.165) is 15.3 Å². The maximum Gasteiger partial charge on any atom is 0.269 e. The molecule has 1 amide bonds. The van der Waals surface area contributed by atoms with E-state index in [1.165, 1.54) is 23.9 Å². The second-order valence-electron chi connectivity index (χ2n) is 5.47. The molecule has 3 aromatic rings. The molecule has 1 aromatic heterocycles. The van der Waals surface area contributed by atoms with Crippen LogP contribution in [0.25, 0.3) is 0 Å². The van der Waals surface area contributed by atoms with Crippen LogP contribution in [0.5, 0.6) is 0 Å². The van der Waals surface area contributed by atoms with Crippen LogP contribution in [0.4, 0.5) is 5.69 Å². The number of nitrogens with zero attached hydrogens (tertiary/aromatic N) is 1. The highest BCUT2D eigenvalue weighted by molar-refractivity contribution is 8.00. The summed E-state index contributed by atoms with van der Waals surface area (Å²) in [6.45, 7) is 0. The first-order valence-corrected chi connectivity index (χ1v) is 9.75. The molecule has 2 aromatic carbocycles. The van der Waals surface area contributed by atoms with Crippen LogP contribution in [0.1, 0.15) is 16.5 Å². The Kier molecular flexibility index (Phi) is 6.04. The highest BCUT2D eigenvalue weighted by Gasteiger charge is 2.17. The van der Waals surface area contributed by atoms with Gasteiger partial charge >= 0.3 is 0 Å². The normalized spacial score (nSPS) is 11.7. The first-order valence-electron chi connectivity index (χ1n) is 7.88. The molecule has 0 bridgehead atoms. The lowest BCUT2D eigenvalue weighted by atomic mass is 10.1. The smallest absolute Gasteiger partial charge is 0.269 e. The van der Waals surface area contributed by atoms with Gasteiger partial charge in [-0.3, -0.25) is 14.9 Å². The summed E-state index contributed by atoms with van der Waals surface area (Å²) in [5.74, 6) is 0.155. The van der Waals surface area contributed by atoms with Gasteiger partial charge in [-0.1, -0.05) is 36.4 Å². The van der Waals surface area contributed by atoms with Crippen molar-refractivity contribution in [2.24, 2.45) is 0 Å². The van der Waals surface area contributed by atoms with Gasteiger partial charge in [0.05, 0.1) is 16.7 Å². The average Bonchev–Trinajstić information content (AvgIpc) is 3.20. The molecule has 0 spiro atoms. The van der Waals surface area contributed by atoms with E-state index < -0.39 is 4.92 Å². The van der Waals surface area contributed by atoms with Crippen LogP contribution in [-0.4, -0.2) is 16.6 Å². The minimum absolute atomic E-state index is 0.0423. The molecule has 0 aliphatic heterocycles. The second-order valence-corrected chi connectivity index (χ2v) is 7.49. The summed E-state index contributed by atoms with van der Waals surface area (Å²) >= 11 is 2.95. The average molecular weight is 384 g/mol. The molecule has 7 heteroatoms. The topological polar surface area (TPSA) is 72.2 Å². The number of rotatable bonds is 7. The summed E-state index contributed by atoms with van der Waals surface area (Å²) in [7, 11) is 0. The number of nitro benzene ring substituents is 1. The Labute approximate surface area is 159 Å². The second kappa shape index (κ2) is 8.64. The number of amides is 1. The Morgan fingerprint density at radius 3 is 2.42 bits per heavy atom. The van der Waals surface area contributed by atoms with E-state index in [1.54, 1.807) is 23.5 Å². The van der Waals surface area contributed by atoms with E-state index in [9.17, 15) is 14.9 Å². The van der Waals surface area contributed by atoms with Crippen molar-refractivity contribution in [2.75, 3.05) is 5.75 Å². The molecule has 0 aliphatic rings. The summed E-state index contributed by atoms with van der Waals surface area (Å²) in [5, 5.41) is 15.7. The van der Waals surface area contributed by atoms with Gasteiger partial charge in [0, 0.05) is 21.9 Å². The highest BCUT2D eigenvalue weighted by Crippen LogP contribution is 2.27. The van der Waals surface area contributed by atoms with Crippen molar-refractivity contribution >= 4 is 34.7 Å². The Balaban J connectivity index is 1.64. The molecular formula is C19H16N2O3S2. The minimum atomic E-state index is -0.438. The monoisotopic (exact) mass is 384 g/mol. The van der Waals surface area contributed by atoms with Crippen LogP contribution < -0.4 is 5.32 Å².